The zero-order valence-corrected chi connectivity index (χ0v) is 21.4. The number of halogens is 2. The molecule has 0 aliphatic rings. The lowest BCUT2D eigenvalue weighted by atomic mass is 9.80. The van der Waals surface area contributed by atoms with Gasteiger partial charge in [0.2, 0.25) is 0 Å². The van der Waals surface area contributed by atoms with Crippen molar-refractivity contribution in [1.29, 1.82) is 0 Å². The monoisotopic (exact) mass is 584 g/mol. The van der Waals surface area contributed by atoms with Crippen molar-refractivity contribution in [3.8, 4) is 11.1 Å². The Labute approximate surface area is 220 Å². The minimum atomic E-state index is -1.45. The van der Waals surface area contributed by atoms with E-state index in [-0.39, 0.29) is 34.0 Å². The zero-order chi connectivity index (χ0) is 22.5. The van der Waals surface area contributed by atoms with Crippen molar-refractivity contribution in [1.82, 2.24) is 0 Å². The van der Waals surface area contributed by atoms with E-state index in [0.29, 0.717) is 24.0 Å². The summed E-state index contributed by atoms with van der Waals surface area (Å²) in [6.45, 7) is 1.37. The van der Waals surface area contributed by atoms with E-state index >= 15 is 0 Å². The fraction of sp³-hybridized carbons (Fsp3) is 0.0833. The van der Waals surface area contributed by atoms with Gasteiger partial charge >= 0.3 is 14.2 Å². The van der Waals surface area contributed by atoms with Crippen LogP contribution in [0.5, 0.6) is 0 Å². The van der Waals surface area contributed by atoms with Gasteiger partial charge in [0.1, 0.15) is 0 Å². The summed E-state index contributed by atoms with van der Waals surface area (Å²) in [7, 11) is -2.90. The highest BCUT2D eigenvalue weighted by molar-refractivity contribution is 6.58. The number of hydrogen-bond acceptors (Lipinski definition) is 4. The Morgan fingerprint density at radius 3 is 1.47 bits per heavy atom. The largest absolute Gasteiger partial charge is 1.00 e. The van der Waals surface area contributed by atoms with Gasteiger partial charge in [0.15, 0.2) is 37.9 Å². The van der Waals surface area contributed by atoms with E-state index in [1.807, 2.05) is 48.9 Å². The second-order valence-electron chi connectivity index (χ2n) is 7.75. The molecule has 2 aromatic heterocycles. The molecule has 2 heterocycles. The fourth-order valence-corrected chi connectivity index (χ4v) is 3.56. The topological polar surface area (TPSA) is 88.7 Å². The van der Waals surface area contributed by atoms with Crippen molar-refractivity contribution < 1.29 is 63.2 Å². The van der Waals surface area contributed by atoms with Gasteiger partial charge in [-0.1, -0.05) is 48.5 Å². The minimum absolute atomic E-state index is 0. The van der Waals surface area contributed by atoms with Crippen molar-refractivity contribution in [3.63, 3.8) is 0 Å². The lowest BCUT2D eigenvalue weighted by Crippen LogP contribution is -3.00. The first-order valence-electron chi connectivity index (χ1n) is 10.4. The standard InChI is InChI=1S/C24H24B2N2O4.2BrH/c29-25(30)23-7-3-19(4-8-23)16-27-14-11-21(12-15-27)22-2-1-13-28(18-22)17-20-5-9-24(10-6-20)26(31)32;;/h1-15,18,29-32H,16-17H2;2*1H/q+2;;/p-2. The Morgan fingerprint density at radius 1 is 0.529 bits per heavy atom. The lowest BCUT2D eigenvalue weighted by molar-refractivity contribution is -0.688. The van der Waals surface area contributed by atoms with Gasteiger partial charge in [-0.3, -0.25) is 0 Å². The molecule has 0 aliphatic heterocycles. The van der Waals surface area contributed by atoms with Crippen molar-refractivity contribution >= 4 is 25.2 Å². The Balaban J connectivity index is 0.00000204. The molecule has 0 bridgehead atoms. The number of pyridine rings is 2. The second kappa shape index (κ2) is 12.9. The summed E-state index contributed by atoms with van der Waals surface area (Å²) in [5, 5.41) is 36.9. The van der Waals surface area contributed by atoms with E-state index in [2.05, 4.69) is 33.5 Å². The molecule has 174 valence electrons. The van der Waals surface area contributed by atoms with Gasteiger partial charge in [-0.25, -0.2) is 9.13 Å². The predicted octanol–water partition coefficient (Wildman–Crippen LogP) is -6.61. The van der Waals surface area contributed by atoms with Crippen molar-refractivity contribution in [2.75, 3.05) is 0 Å². The molecule has 0 radical (unpaired) electrons. The molecule has 0 aliphatic carbocycles. The van der Waals surface area contributed by atoms with Crippen LogP contribution in [0.15, 0.2) is 97.6 Å². The van der Waals surface area contributed by atoms with Crippen LogP contribution >= 0.6 is 0 Å². The Bertz CT molecular complexity index is 1180. The van der Waals surface area contributed by atoms with Crippen LogP contribution < -0.4 is 54.0 Å². The van der Waals surface area contributed by atoms with E-state index < -0.39 is 14.2 Å². The van der Waals surface area contributed by atoms with Crippen molar-refractivity contribution in [3.05, 3.63) is 109 Å². The molecule has 34 heavy (non-hydrogen) atoms. The minimum Gasteiger partial charge on any atom is -1.00 e. The highest BCUT2D eigenvalue weighted by Crippen LogP contribution is 2.15. The molecule has 4 rings (SSSR count). The van der Waals surface area contributed by atoms with Crippen LogP contribution in [0, 0.1) is 0 Å². The molecule has 4 N–H and O–H groups in total. The lowest BCUT2D eigenvalue weighted by Gasteiger charge is -2.04. The number of aromatic nitrogens is 2. The van der Waals surface area contributed by atoms with Crippen LogP contribution in [-0.4, -0.2) is 34.3 Å². The maximum absolute atomic E-state index is 9.23. The van der Waals surface area contributed by atoms with Crippen LogP contribution in [0.1, 0.15) is 11.1 Å². The average Bonchev–Trinajstić information content (AvgIpc) is 2.80. The number of hydrogen-bond donors (Lipinski definition) is 4. The SMILES string of the molecule is OB(O)c1ccc(C[n+]2ccc(-c3ccc[n+](Cc4ccc(B(O)O)cc4)c3)cc2)cc1.[Br-].[Br-]. The molecule has 6 nitrogen and oxygen atoms in total. The molecule has 0 fully saturated rings. The summed E-state index contributed by atoms with van der Waals surface area (Å²) in [4.78, 5) is 0. The van der Waals surface area contributed by atoms with Crippen molar-refractivity contribution in [2.24, 2.45) is 0 Å². The smallest absolute Gasteiger partial charge is 0.488 e. The third-order valence-electron chi connectivity index (χ3n) is 5.37. The first-order valence-corrected chi connectivity index (χ1v) is 10.4. The summed E-state index contributed by atoms with van der Waals surface area (Å²) in [6.07, 6.45) is 8.16. The molecular weight excluding hydrogens is 562 g/mol. The van der Waals surface area contributed by atoms with Gasteiger partial charge < -0.3 is 54.1 Å². The summed E-state index contributed by atoms with van der Waals surface area (Å²) in [6, 6.07) is 22.7. The highest BCUT2D eigenvalue weighted by atomic mass is 79.9. The highest BCUT2D eigenvalue weighted by Gasteiger charge is 2.13. The Kier molecular flexibility index (Phi) is 10.6. The Hall–Kier alpha value is -2.33. The predicted molar refractivity (Wildman–Crippen MR) is 123 cm³/mol. The van der Waals surface area contributed by atoms with Crippen LogP contribution in [0.2, 0.25) is 0 Å². The molecular formula is C24H24B2Br2N2O4. The summed E-state index contributed by atoms with van der Waals surface area (Å²) in [5.74, 6) is 0. The quantitative estimate of drug-likeness (QED) is 0.128. The first-order chi connectivity index (χ1) is 15.5. The van der Waals surface area contributed by atoms with E-state index in [0.717, 1.165) is 22.3 Å². The van der Waals surface area contributed by atoms with Crippen LogP contribution in [0.25, 0.3) is 11.1 Å². The first kappa shape index (κ1) is 27.9. The van der Waals surface area contributed by atoms with Crippen LogP contribution in [0.3, 0.4) is 0 Å². The molecule has 0 saturated heterocycles. The summed E-state index contributed by atoms with van der Waals surface area (Å²) in [5.41, 5.74) is 5.31. The van der Waals surface area contributed by atoms with Gasteiger partial charge in [-0.15, -0.1) is 0 Å². The van der Waals surface area contributed by atoms with Crippen LogP contribution in [-0.2, 0) is 13.1 Å². The maximum Gasteiger partial charge on any atom is 0.488 e. The average molecular weight is 586 g/mol. The molecule has 0 amide bonds. The summed E-state index contributed by atoms with van der Waals surface area (Å²) >= 11 is 0. The maximum atomic E-state index is 9.23. The van der Waals surface area contributed by atoms with Crippen LogP contribution in [0.4, 0.5) is 0 Å². The molecule has 0 spiro atoms. The number of nitrogens with zero attached hydrogens (tertiary/aromatic N) is 2. The van der Waals surface area contributed by atoms with E-state index in [4.69, 9.17) is 0 Å². The molecule has 0 saturated carbocycles. The van der Waals surface area contributed by atoms with Gasteiger partial charge in [0.05, 0.1) is 0 Å². The third-order valence-corrected chi connectivity index (χ3v) is 5.37. The molecule has 4 aromatic rings. The van der Waals surface area contributed by atoms with Gasteiger partial charge in [0, 0.05) is 34.9 Å². The summed E-state index contributed by atoms with van der Waals surface area (Å²) < 4.78 is 4.17. The third kappa shape index (κ3) is 7.33. The van der Waals surface area contributed by atoms with Gasteiger partial charge in [-0.05, 0) is 22.6 Å². The van der Waals surface area contributed by atoms with Crippen molar-refractivity contribution in [2.45, 2.75) is 13.1 Å². The molecule has 10 heteroatoms. The van der Waals surface area contributed by atoms with E-state index in [1.165, 1.54) is 0 Å². The second-order valence-corrected chi connectivity index (χ2v) is 7.75. The number of rotatable bonds is 7. The number of benzene rings is 2. The van der Waals surface area contributed by atoms with Gasteiger partial charge in [0.25, 0.3) is 0 Å². The Morgan fingerprint density at radius 2 is 1.00 bits per heavy atom. The zero-order valence-electron chi connectivity index (χ0n) is 18.2. The fourth-order valence-electron chi connectivity index (χ4n) is 3.56. The van der Waals surface area contributed by atoms with E-state index in [9.17, 15) is 20.1 Å². The van der Waals surface area contributed by atoms with Gasteiger partial charge in [-0.2, -0.15) is 0 Å². The molecule has 0 unspecified atom stereocenters. The van der Waals surface area contributed by atoms with E-state index in [1.54, 1.807) is 24.3 Å². The molecule has 0 atom stereocenters. The normalized spacial score (nSPS) is 10.1. The molecule has 2 aromatic carbocycles.